The molecule has 0 aromatic heterocycles. The maximum absolute atomic E-state index is 5.63. The Balaban J connectivity index is 2.98. The van der Waals surface area contributed by atoms with E-state index in [1.165, 1.54) is 0 Å². The van der Waals surface area contributed by atoms with Crippen LogP contribution in [0.1, 0.15) is 0 Å². The number of hydrogen-bond acceptors (Lipinski definition) is 3. The zero-order chi connectivity index (χ0) is 8.27. The van der Waals surface area contributed by atoms with Gasteiger partial charge in [0.1, 0.15) is 0 Å². The van der Waals surface area contributed by atoms with Crippen molar-refractivity contribution in [1.82, 2.24) is 0 Å². The smallest absolute Gasteiger partial charge is 0.0791 e. The third-order valence-electron chi connectivity index (χ3n) is 1.21. The van der Waals surface area contributed by atoms with Crippen LogP contribution in [0.25, 0.3) is 0 Å². The van der Waals surface area contributed by atoms with Crippen molar-refractivity contribution in [3.63, 3.8) is 0 Å². The number of nitrogen functional groups attached to an aromatic ring is 1. The van der Waals surface area contributed by atoms with E-state index >= 15 is 0 Å². The van der Waals surface area contributed by atoms with Crippen LogP contribution in [-0.4, -0.2) is 6.72 Å². The van der Waals surface area contributed by atoms with Crippen LogP contribution in [0.5, 0.6) is 0 Å². The Bertz CT molecular complexity index is 272. The number of benzene rings is 1. The minimum Gasteiger partial charge on any atom is -0.397 e. The van der Waals surface area contributed by atoms with Gasteiger partial charge in [0.15, 0.2) is 0 Å². The lowest BCUT2D eigenvalue weighted by Crippen LogP contribution is -1.93. The maximum atomic E-state index is 5.63. The molecule has 1 aromatic rings. The maximum Gasteiger partial charge on any atom is 0.0791 e. The van der Waals surface area contributed by atoms with Gasteiger partial charge in [0.05, 0.1) is 11.4 Å². The first-order valence-corrected chi connectivity index (χ1v) is 3.80. The monoisotopic (exact) mass is 213 g/mol. The van der Waals surface area contributed by atoms with Crippen molar-refractivity contribution >= 4 is 34.0 Å². The van der Waals surface area contributed by atoms with Crippen LogP contribution in [-0.2, 0) is 0 Å². The molecule has 0 saturated carbocycles. The largest absolute Gasteiger partial charge is 0.397 e. The summed E-state index contributed by atoms with van der Waals surface area (Å²) < 4.78 is 0.949. The zero-order valence-electron chi connectivity index (χ0n) is 5.84. The van der Waals surface area contributed by atoms with Crippen molar-refractivity contribution in [3.8, 4) is 0 Å². The lowest BCUT2D eigenvalue weighted by molar-refractivity contribution is 1.36. The van der Waals surface area contributed by atoms with E-state index in [4.69, 9.17) is 5.73 Å². The van der Waals surface area contributed by atoms with Gasteiger partial charge in [-0.2, -0.15) is 5.10 Å². The van der Waals surface area contributed by atoms with Gasteiger partial charge in [-0.3, -0.25) is 5.43 Å². The summed E-state index contributed by atoms with van der Waals surface area (Å²) in [5, 5.41) is 3.50. The van der Waals surface area contributed by atoms with E-state index in [0.29, 0.717) is 5.69 Å². The van der Waals surface area contributed by atoms with E-state index in [1.54, 1.807) is 6.07 Å². The molecular formula is C7H8BrN3. The van der Waals surface area contributed by atoms with Crippen molar-refractivity contribution < 1.29 is 0 Å². The summed E-state index contributed by atoms with van der Waals surface area (Å²) in [6.45, 7) is 3.29. The molecule has 11 heavy (non-hydrogen) atoms. The molecule has 0 heterocycles. The van der Waals surface area contributed by atoms with Gasteiger partial charge < -0.3 is 5.73 Å². The fourth-order valence-electron chi connectivity index (χ4n) is 0.721. The Labute approximate surface area is 73.4 Å². The molecule has 0 aliphatic rings. The average molecular weight is 214 g/mol. The third kappa shape index (κ3) is 1.94. The van der Waals surface area contributed by atoms with Crippen LogP contribution >= 0.6 is 15.9 Å². The van der Waals surface area contributed by atoms with Crippen LogP contribution < -0.4 is 11.2 Å². The van der Waals surface area contributed by atoms with Crippen LogP contribution in [0.3, 0.4) is 0 Å². The minimum atomic E-state index is 0.645. The molecule has 0 saturated heterocycles. The molecule has 0 spiro atoms. The Hall–Kier alpha value is -1.03. The molecule has 0 fully saturated rings. The standard InChI is InChI=1S/C7H8BrN3/c1-10-11-7-3-2-5(8)4-6(7)9/h2-4,11H,1,9H2. The molecule has 0 unspecified atom stereocenters. The van der Waals surface area contributed by atoms with Crippen molar-refractivity contribution in [1.29, 1.82) is 0 Å². The van der Waals surface area contributed by atoms with Crippen LogP contribution in [0, 0.1) is 0 Å². The van der Waals surface area contributed by atoms with E-state index in [2.05, 4.69) is 33.2 Å². The van der Waals surface area contributed by atoms with Gasteiger partial charge >= 0.3 is 0 Å². The molecule has 3 N–H and O–H groups in total. The van der Waals surface area contributed by atoms with Crippen molar-refractivity contribution in [2.75, 3.05) is 11.2 Å². The van der Waals surface area contributed by atoms with Gasteiger partial charge in [0.25, 0.3) is 0 Å². The summed E-state index contributed by atoms with van der Waals surface area (Å²) in [6.07, 6.45) is 0. The molecule has 1 rings (SSSR count). The summed E-state index contributed by atoms with van der Waals surface area (Å²) in [4.78, 5) is 0. The van der Waals surface area contributed by atoms with Crippen LogP contribution in [0.15, 0.2) is 27.8 Å². The summed E-state index contributed by atoms with van der Waals surface area (Å²) in [7, 11) is 0. The summed E-state index contributed by atoms with van der Waals surface area (Å²) in [5.41, 5.74) is 9.71. The number of hydrogen-bond donors (Lipinski definition) is 2. The minimum absolute atomic E-state index is 0.645. The third-order valence-corrected chi connectivity index (χ3v) is 1.71. The SMILES string of the molecule is C=NNc1ccc(Br)cc1N. The molecule has 0 bridgehead atoms. The van der Waals surface area contributed by atoms with E-state index in [1.807, 2.05) is 12.1 Å². The second-order valence-electron chi connectivity index (χ2n) is 2.00. The molecule has 1 aromatic carbocycles. The lowest BCUT2D eigenvalue weighted by Gasteiger charge is -2.03. The first-order chi connectivity index (χ1) is 5.24. The molecule has 0 radical (unpaired) electrons. The number of halogens is 1. The Morgan fingerprint density at radius 2 is 2.27 bits per heavy atom. The number of anilines is 2. The number of rotatable bonds is 2. The number of nitrogens with zero attached hydrogens (tertiary/aromatic N) is 1. The Morgan fingerprint density at radius 1 is 1.55 bits per heavy atom. The van der Waals surface area contributed by atoms with Gasteiger partial charge in [0, 0.05) is 11.2 Å². The van der Waals surface area contributed by atoms with Gasteiger partial charge in [-0.15, -0.1) is 0 Å². The predicted molar refractivity (Wildman–Crippen MR) is 51.7 cm³/mol. The highest BCUT2D eigenvalue weighted by molar-refractivity contribution is 9.10. The van der Waals surface area contributed by atoms with Crippen LogP contribution in [0.2, 0.25) is 0 Å². The molecule has 0 amide bonds. The second kappa shape index (κ2) is 3.39. The lowest BCUT2D eigenvalue weighted by atomic mass is 10.3. The summed E-state index contributed by atoms with van der Waals surface area (Å²) in [6, 6.07) is 5.51. The topological polar surface area (TPSA) is 50.4 Å². The summed E-state index contributed by atoms with van der Waals surface area (Å²) in [5.74, 6) is 0. The van der Waals surface area contributed by atoms with E-state index in [9.17, 15) is 0 Å². The first-order valence-electron chi connectivity index (χ1n) is 3.01. The highest BCUT2D eigenvalue weighted by atomic mass is 79.9. The fourth-order valence-corrected chi connectivity index (χ4v) is 1.10. The Morgan fingerprint density at radius 3 is 2.82 bits per heavy atom. The van der Waals surface area contributed by atoms with E-state index < -0.39 is 0 Å². The predicted octanol–water partition coefficient (Wildman–Crippen LogP) is 2.06. The van der Waals surface area contributed by atoms with Gasteiger partial charge in [-0.25, -0.2) is 0 Å². The molecule has 58 valence electrons. The quantitative estimate of drug-likeness (QED) is 0.449. The first kappa shape index (κ1) is 8.07. The average Bonchev–Trinajstić information content (AvgIpc) is 1.95. The fraction of sp³-hybridized carbons (Fsp3) is 0. The summed E-state index contributed by atoms with van der Waals surface area (Å²) >= 11 is 3.29. The molecule has 4 heteroatoms. The normalized spacial score (nSPS) is 9.18. The van der Waals surface area contributed by atoms with Gasteiger partial charge in [0.2, 0.25) is 0 Å². The molecule has 0 aliphatic carbocycles. The highest BCUT2D eigenvalue weighted by Gasteiger charge is 1.96. The molecule has 3 nitrogen and oxygen atoms in total. The van der Waals surface area contributed by atoms with Crippen molar-refractivity contribution in [2.45, 2.75) is 0 Å². The van der Waals surface area contributed by atoms with Crippen molar-refractivity contribution in [3.05, 3.63) is 22.7 Å². The number of hydrazone groups is 1. The zero-order valence-corrected chi connectivity index (χ0v) is 7.43. The van der Waals surface area contributed by atoms with Gasteiger partial charge in [-0.1, -0.05) is 15.9 Å². The molecule has 0 aliphatic heterocycles. The Kier molecular flexibility index (Phi) is 2.48. The molecular weight excluding hydrogens is 206 g/mol. The number of nitrogens with two attached hydrogens (primary N) is 1. The van der Waals surface area contributed by atoms with Crippen LogP contribution in [0.4, 0.5) is 11.4 Å². The van der Waals surface area contributed by atoms with Gasteiger partial charge in [-0.05, 0) is 18.2 Å². The second-order valence-corrected chi connectivity index (χ2v) is 2.92. The molecule has 0 atom stereocenters. The van der Waals surface area contributed by atoms with Crippen molar-refractivity contribution in [2.24, 2.45) is 5.10 Å². The van der Waals surface area contributed by atoms with E-state index in [-0.39, 0.29) is 0 Å². The van der Waals surface area contributed by atoms with E-state index in [0.717, 1.165) is 10.2 Å². The number of nitrogens with one attached hydrogen (secondary N) is 1. The highest BCUT2D eigenvalue weighted by Crippen LogP contribution is 2.22.